The number of thioether (sulfide) groups is 1. The Kier molecular flexibility index (Phi) is 8.72. The standard InChI is InChI=1S/C21H32O2S/c1-2-3-4-5-6-7-8-9-10-19-15-24-16-20(21(22)23)18-13-11-17(19)12-14-18/h11-14,19-20H,2-10,15-16H2,1H3,(H,22,23). The van der Waals surface area contributed by atoms with Crippen LogP contribution in [0.5, 0.6) is 0 Å². The van der Waals surface area contributed by atoms with Gasteiger partial charge in [-0.15, -0.1) is 0 Å². The van der Waals surface area contributed by atoms with Gasteiger partial charge in [0.2, 0.25) is 0 Å². The number of carboxylic acids is 1. The first-order chi connectivity index (χ1) is 11.7. The van der Waals surface area contributed by atoms with Gasteiger partial charge in [0.15, 0.2) is 0 Å². The van der Waals surface area contributed by atoms with Crippen molar-refractivity contribution in [2.45, 2.75) is 76.5 Å². The molecule has 3 rings (SSSR count). The molecule has 2 heterocycles. The highest BCUT2D eigenvalue weighted by Crippen LogP contribution is 2.33. The van der Waals surface area contributed by atoms with E-state index in [0.29, 0.717) is 11.7 Å². The Hall–Kier alpha value is -0.960. The van der Waals surface area contributed by atoms with Crippen molar-refractivity contribution in [2.24, 2.45) is 0 Å². The maximum Gasteiger partial charge on any atom is 0.311 e. The van der Waals surface area contributed by atoms with Crippen molar-refractivity contribution in [3.63, 3.8) is 0 Å². The molecule has 134 valence electrons. The van der Waals surface area contributed by atoms with Crippen molar-refractivity contribution >= 4 is 17.7 Å². The summed E-state index contributed by atoms with van der Waals surface area (Å²) in [5.74, 6) is 1.28. The van der Waals surface area contributed by atoms with E-state index in [1.807, 2.05) is 23.9 Å². The van der Waals surface area contributed by atoms with Crippen molar-refractivity contribution < 1.29 is 9.90 Å². The molecule has 2 atom stereocenters. The Morgan fingerprint density at radius 1 is 0.958 bits per heavy atom. The van der Waals surface area contributed by atoms with Gasteiger partial charge >= 0.3 is 5.97 Å². The molecule has 0 saturated heterocycles. The fourth-order valence-electron chi connectivity index (χ4n) is 3.51. The molecular weight excluding hydrogens is 316 g/mol. The third kappa shape index (κ3) is 6.16. The fourth-order valence-corrected chi connectivity index (χ4v) is 4.86. The summed E-state index contributed by atoms with van der Waals surface area (Å²) >= 11 is 1.81. The highest BCUT2D eigenvalue weighted by molar-refractivity contribution is 7.99. The fraction of sp³-hybridized carbons (Fsp3) is 0.667. The predicted molar refractivity (Wildman–Crippen MR) is 104 cm³/mol. The molecule has 2 aliphatic heterocycles. The third-order valence-corrected chi connectivity index (χ3v) is 6.33. The van der Waals surface area contributed by atoms with Gasteiger partial charge in [0.25, 0.3) is 0 Å². The smallest absolute Gasteiger partial charge is 0.311 e. The number of aliphatic carboxylic acids is 1. The SMILES string of the molecule is CCCCCCCCCCC1CSCC(C(=O)O)c2ccc1cc2. The maximum atomic E-state index is 11.4. The summed E-state index contributed by atoms with van der Waals surface area (Å²) in [5.41, 5.74) is 2.34. The average molecular weight is 349 g/mol. The van der Waals surface area contributed by atoms with Gasteiger partial charge in [-0.3, -0.25) is 4.79 Å². The van der Waals surface area contributed by atoms with Crippen LogP contribution in [0.3, 0.4) is 0 Å². The first kappa shape index (κ1) is 19.4. The molecule has 0 aliphatic carbocycles. The van der Waals surface area contributed by atoms with E-state index >= 15 is 0 Å². The number of carboxylic acid groups (broad SMARTS) is 1. The molecule has 0 fully saturated rings. The molecule has 1 aromatic rings. The minimum atomic E-state index is -0.697. The summed E-state index contributed by atoms with van der Waals surface area (Å²) in [6.45, 7) is 2.26. The minimum absolute atomic E-state index is 0.356. The third-order valence-electron chi connectivity index (χ3n) is 5.12. The maximum absolute atomic E-state index is 11.4. The second-order valence-corrected chi connectivity index (χ2v) is 8.13. The Morgan fingerprint density at radius 3 is 2.17 bits per heavy atom. The number of hydrogen-bond acceptors (Lipinski definition) is 2. The molecule has 2 nitrogen and oxygen atoms in total. The molecule has 0 saturated carbocycles. The lowest BCUT2D eigenvalue weighted by molar-refractivity contribution is -0.138. The molecule has 1 aromatic carbocycles. The number of hydrogen-bond donors (Lipinski definition) is 1. The number of benzene rings is 1. The molecular formula is C21H32O2S. The lowest BCUT2D eigenvalue weighted by atomic mass is 9.92. The summed E-state index contributed by atoms with van der Waals surface area (Å²) in [6, 6.07) is 8.38. The van der Waals surface area contributed by atoms with Crippen LogP contribution < -0.4 is 0 Å². The van der Waals surface area contributed by atoms with Gasteiger partial charge in [0.05, 0.1) is 5.92 Å². The van der Waals surface area contributed by atoms with Gasteiger partial charge in [0.1, 0.15) is 0 Å². The summed E-state index contributed by atoms with van der Waals surface area (Å²) in [5, 5.41) is 9.40. The quantitative estimate of drug-likeness (QED) is 0.510. The Balaban J connectivity index is 1.75. The molecule has 0 amide bonds. The number of unbranched alkanes of at least 4 members (excludes halogenated alkanes) is 7. The van der Waals surface area contributed by atoms with Crippen molar-refractivity contribution in [2.75, 3.05) is 11.5 Å². The van der Waals surface area contributed by atoms with Crippen LogP contribution in [0.4, 0.5) is 0 Å². The number of fused-ring (bicyclic) bond motifs is 6. The Bertz CT molecular complexity index is 483. The van der Waals surface area contributed by atoms with Crippen LogP contribution >= 0.6 is 11.8 Å². The van der Waals surface area contributed by atoms with E-state index in [9.17, 15) is 9.90 Å². The van der Waals surface area contributed by atoms with E-state index in [1.54, 1.807) is 0 Å². The van der Waals surface area contributed by atoms with Crippen LogP contribution in [0, 0.1) is 0 Å². The van der Waals surface area contributed by atoms with Crippen LogP contribution in [0.25, 0.3) is 0 Å². The largest absolute Gasteiger partial charge is 0.481 e. The van der Waals surface area contributed by atoms with E-state index < -0.39 is 5.97 Å². The van der Waals surface area contributed by atoms with Crippen molar-refractivity contribution in [1.82, 2.24) is 0 Å². The molecule has 0 aromatic heterocycles. The molecule has 1 N–H and O–H groups in total. The molecule has 24 heavy (non-hydrogen) atoms. The van der Waals surface area contributed by atoms with Gasteiger partial charge in [-0.25, -0.2) is 0 Å². The van der Waals surface area contributed by atoms with Crippen molar-refractivity contribution in [3.8, 4) is 0 Å². The second-order valence-electron chi connectivity index (χ2n) is 7.06. The zero-order valence-corrected chi connectivity index (χ0v) is 15.8. The summed E-state index contributed by atoms with van der Waals surface area (Å²) < 4.78 is 0. The monoisotopic (exact) mass is 348 g/mol. The van der Waals surface area contributed by atoms with Crippen LogP contribution in [0.2, 0.25) is 0 Å². The second kappa shape index (κ2) is 10.8. The minimum Gasteiger partial charge on any atom is -0.481 e. The molecule has 3 heteroatoms. The van der Waals surface area contributed by atoms with Crippen LogP contribution in [-0.2, 0) is 4.79 Å². The zero-order valence-electron chi connectivity index (χ0n) is 15.0. The van der Waals surface area contributed by atoms with Crippen molar-refractivity contribution in [1.29, 1.82) is 0 Å². The van der Waals surface area contributed by atoms with Gasteiger partial charge in [0, 0.05) is 11.5 Å². The summed E-state index contributed by atoms with van der Waals surface area (Å²) in [7, 11) is 0. The van der Waals surface area contributed by atoms with Crippen LogP contribution in [0.1, 0.15) is 87.7 Å². The highest BCUT2D eigenvalue weighted by atomic mass is 32.2. The highest BCUT2D eigenvalue weighted by Gasteiger charge is 2.23. The normalized spacial score (nSPS) is 20.4. The number of carbonyl (C=O) groups is 1. The molecule has 2 unspecified atom stereocenters. The van der Waals surface area contributed by atoms with E-state index in [-0.39, 0.29) is 5.92 Å². The molecule has 2 aliphatic rings. The van der Waals surface area contributed by atoms with E-state index in [4.69, 9.17) is 0 Å². The summed E-state index contributed by atoms with van der Waals surface area (Å²) in [4.78, 5) is 11.4. The topological polar surface area (TPSA) is 37.3 Å². The Morgan fingerprint density at radius 2 is 1.54 bits per heavy atom. The Labute approximate surface area is 151 Å². The van der Waals surface area contributed by atoms with Gasteiger partial charge < -0.3 is 5.11 Å². The van der Waals surface area contributed by atoms with E-state index in [0.717, 1.165) is 11.3 Å². The predicted octanol–water partition coefficient (Wildman–Crippen LogP) is 6.22. The lowest BCUT2D eigenvalue weighted by Gasteiger charge is -2.16. The van der Waals surface area contributed by atoms with Crippen LogP contribution in [-0.4, -0.2) is 22.6 Å². The van der Waals surface area contributed by atoms with Gasteiger partial charge in [-0.1, -0.05) is 82.6 Å². The lowest BCUT2D eigenvalue weighted by Crippen LogP contribution is -2.14. The first-order valence-electron chi connectivity index (χ1n) is 9.62. The molecule has 0 spiro atoms. The summed E-state index contributed by atoms with van der Waals surface area (Å²) in [6.07, 6.45) is 12.1. The molecule has 2 bridgehead atoms. The average Bonchev–Trinajstić information content (AvgIpc) is 2.72. The number of rotatable bonds is 10. The van der Waals surface area contributed by atoms with Gasteiger partial charge in [-0.05, 0) is 23.5 Å². The van der Waals surface area contributed by atoms with E-state index in [2.05, 4.69) is 19.1 Å². The van der Waals surface area contributed by atoms with Gasteiger partial charge in [-0.2, -0.15) is 11.8 Å². The first-order valence-corrected chi connectivity index (χ1v) is 10.8. The zero-order chi connectivity index (χ0) is 17.2. The van der Waals surface area contributed by atoms with Crippen molar-refractivity contribution in [3.05, 3.63) is 35.4 Å². The van der Waals surface area contributed by atoms with E-state index in [1.165, 1.54) is 63.4 Å². The molecule has 0 radical (unpaired) electrons. The van der Waals surface area contributed by atoms with Crippen LogP contribution in [0.15, 0.2) is 24.3 Å².